The van der Waals surface area contributed by atoms with E-state index >= 15 is 0 Å². The van der Waals surface area contributed by atoms with E-state index in [0.29, 0.717) is 6.54 Å². The van der Waals surface area contributed by atoms with Crippen molar-refractivity contribution in [2.24, 2.45) is 0 Å². The number of nitro groups is 2. The second kappa shape index (κ2) is 7.16. The minimum atomic E-state index is -0.648. The molecule has 1 N–H and O–H groups in total. The van der Waals surface area contributed by atoms with E-state index < -0.39 is 9.85 Å². The molecule has 122 valence electrons. The van der Waals surface area contributed by atoms with Crippen LogP contribution < -0.4 is 5.32 Å². The van der Waals surface area contributed by atoms with E-state index in [1.54, 1.807) is 11.3 Å². The van der Waals surface area contributed by atoms with Gasteiger partial charge in [0.25, 0.3) is 11.4 Å². The van der Waals surface area contributed by atoms with E-state index in [-0.39, 0.29) is 23.1 Å². The number of thiophene rings is 1. The molecule has 1 aromatic carbocycles. The van der Waals surface area contributed by atoms with Gasteiger partial charge in [-0.1, -0.05) is 6.07 Å². The van der Waals surface area contributed by atoms with Crippen molar-refractivity contribution in [3.63, 3.8) is 0 Å². The molecule has 0 amide bonds. The van der Waals surface area contributed by atoms with Crippen molar-refractivity contribution in [3.05, 3.63) is 60.8 Å². The van der Waals surface area contributed by atoms with Crippen molar-refractivity contribution >= 4 is 28.4 Å². The molecule has 0 radical (unpaired) electrons. The quantitative estimate of drug-likeness (QED) is 0.615. The number of benzene rings is 1. The minimum absolute atomic E-state index is 0.0461. The lowest BCUT2D eigenvalue weighted by molar-refractivity contribution is -0.393. The van der Waals surface area contributed by atoms with Gasteiger partial charge in [-0.15, -0.1) is 11.3 Å². The Kier molecular flexibility index (Phi) is 5.24. The number of nitrogens with one attached hydrogen (secondary N) is 1. The number of anilines is 1. The maximum absolute atomic E-state index is 11.1. The second-order valence-corrected chi connectivity index (χ2v) is 6.07. The van der Waals surface area contributed by atoms with Gasteiger partial charge in [0, 0.05) is 17.5 Å². The van der Waals surface area contributed by atoms with Gasteiger partial charge in [0.2, 0.25) is 0 Å². The van der Waals surface area contributed by atoms with Gasteiger partial charge < -0.3 is 10.2 Å². The lowest BCUT2D eigenvalue weighted by Crippen LogP contribution is -2.26. The molecule has 1 atom stereocenters. The topological polar surface area (TPSA) is 102 Å². The van der Waals surface area contributed by atoms with Crippen LogP contribution in [0.3, 0.4) is 0 Å². The summed E-state index contributed by atoms with van der Waals surface area (Å²) in [4.78, 5) is 23.8. The fraction of sp³-hybridized carbons (Fsp3) is 0.286. The lowest BCUT2D eigenvalue weighted by Gasteiger charge is -2.24. The molecule has 0 saturated carbocycles. The summed E-state index contributed by atoms with van der Waals surface area (Å²) in [5, 5.41) is 26.9. The van der Waals surface area contributed by atoms with Crippen LogP contribution in [0.15, 0.2) is 35.7 Å². The number of likely N-dealkylation sites (N-methyl/N-ethyl adjacent to an activating group) is 1. The van der Waals surface area contributed by atoms with Crippen LogP contribution in [0.1, 0.15) is 10.9 Å². The predicted octanol–water partition coefficient (Wildman–Crippen LogP) is 3.28. The highest BCUT2D eigenvalue weighted by molar-refractivity contribution is 7.10. The molecule has 1 aromatic heterocycles. The highest BCUT2D eigenvalue weighted by atomic mass is 32.1. The molecule has 23 heavy (non-hydrogen) atoms. The summed E-state index contributed by atoms with van der Waals surface area (Å²) in [6, 6.07) is 7.59. The first kappa shape index (κ1) is 16.8. The Balaban J connectivity index is 2.22. The maximum atomic E-state index is 11.1. The van der Waals surface area contributed by atoms with Crippen LogP contribution in [-0.2, 0) is 0 Å². The summed E-state index contributed by atoms with van der Waals surface area (Å²) in [5.41, 5.74) is -0.337. The molecule has 2 rings (SSSR count). The predicted molar refractivity (Wildman–Crippen MR) is 89.0 cm³/mol. The van der Waals surface area contributed by atoms with E-state index in [1.165, 1.54) is 12.1 Å². The van der Waals surface area contributed by atoms with E-state index in [0.717, 1.165) is 10.9 Å². The first-order valence-electron chi connectivity index (χ1n) is 6.76. The third kappa shape index (κ3) is 4.02. The highest BCUT2D eigenvalue weighted by Crippen LogP contribution is 2.30. The fourth-order valence-electron chi connectivity index (χ4n) is 2.16. The van der Waals surface area contributed by atoms with Crippen LogP contribution in [0, 0.1) is 20.2 Å². The molecule has 0 aliphatic carbocycles. The van der Waals surface area contributed by atoms with Gasteiger partial charge in [0.05, 0.1) is 22.0 Å². The third-order valence-electron chi connectivity index (χ3n) is 3.37. The lowest BCUT2D eigenvalue weighted by atomic mass is 10.2. The third-order valence-corrected chi connectivity index (χ3v) is 4.34. The Morgan fingerprint density at radius 3 is 2.48 bits per heavy atom. The Morgan fingerprint density at radius 2 is 1.96 bits per heavy atom. The number of hydrogen-bond donors (Lipinski definition) is 1. The summed E-state index contributed by atoms with van der Waals surface area (Å²) in [7, 11) is 3.85. The van der Waals surface area contributed by atoms with Crippen LogP contribution in [-0.4, -0.2) is 35.4 Å². The monoisotopic (exact) mass is 336 g/mol. The van der Waals surface area contributed by atoms with E-state index in [4.69, 9.17) is 0 Å². The Bertz CT molecular complexity index is 703. The zero-order valence-corrected chi connectivity index (χ0v) is 13.4. The molecule has 0 saturated heterocycles. The van der Waals surface area contributed by atoms with Gasteiger partial charge in [0.1, 0.15) is 5.69 Å². The van der Waals surface area contributed by atoms with Gasteiger partial charge in [-0.25, -0.2) is 0 Å². The summed E-state index contributed by atoms with van der Waals surface area (Å²) in [6.07, 6.45) is 0. The second-order valence-electron chi connectivity index (χ2n) is 5.09. The van der Waals surface area contributed by atoms with Crippen molar-refractivity contribution in [2.75, 3.05) is 26.0 Å². The summed E-state index contributed by atoms with van der Waals surface area (Å²) >= 11 is 1.61. The molecule has 1 unspecified atom stereocenters. The summed E-state index contributed by atoms with van der Waals surface area (Å²) in [6.45, 7) is 0.451. The average molecular weight is 336 g/mol. The van der Waals surface area contributed by atoms with Crippen LogP contribution in [0.5, 0.6) is 0 Å². The molecule has 0 bridgehead atoms. The van der Waals surface area contributed by atoms with E-state index in [9.17, 15) is 20.2 Å². The van der Waals surface area contributed by atoms with Gasteiger partial charge >= 0.3 is 0 Å². The molecule has 0 fully saturated rings. The van der Waals surface area contributed by atoms with Crippen molar-refractivity contribution in [2.45, 2.75) is 6.04 Å². The first-order chi connectivity index (χ1) is 10.9. The molecule has 1 heterocycles. The number of non-ortho nitro benzene ring substituents is 1. The zero-order chi connectivity index (χ0) is 17.0. The van der Waals surface area contributed by atoms with Gasteiger partial charge in [-0.05, 0) is 31.6 Å². The molecule has 0 aliphatic rings. The molecule has 0 spiro atoms. The molecule has 8 nitrogen and oxygen atoms in total. The first-order valence-corrected chi connectivity index (χ1v) is 7.64. The van der Waals surface area contributed by atoms with Crippen molar-refractivity contribution in [3.8, 4) is 0 Å². The Labute approximate surface area is 136 Å². The van der Waals surface area contributed by atoms with Crippen molar-refractivity contribution in [1.82, 2.24) is 4.90 Å². The Morgan fingerprint density at radius 1 is 1.22 bits per heavy atom. The van der Waals surface area contributed by atoms with Gasteiger partial charge in [-0.2, -0.15) is 0 Å². The van der Waals surface area contributed by atoms with Crippen molar-refractivity contribution < 1.29 is 9.85 Å². The number of hydrogen-bond acceptors (Lipinski definition) is 7. The average Bonchev–Trinajstić information content (AvgIpc) is 3.00. The zero-order valence-electron chi connectivity index (χ0n) is 12.6. The van der Waals surface area contributed by atoms with Crippen LogP contribution >= 0.6 is 11.3 Å². The summed E-state index contributed by atoms with van der Waals surface area (Å²) in [5.74, 6) is 0. The van der Waals surface area contributed by atoms with Crippen LogP contribution in [0.25, 0.3) is 0 Å². The minimum Gasteiger partial charge on any atom is -0.378 e. The van der Waals surface area contributed by atoms with E-state index in [2.05, 4.69) is 5.32 Å². The number of nitro benzene ring substituents is 2. The molecular formula is C14H16N4O4S. The molecule has 9 heteroatoms. The molecule has 0 aliphatic heterocycles. The van der Waals surface area contributed by atoms with Gasteiger partial charge in [0.15, 0.2) is 0 Å². The maximum Gasteiger partial charge on any atom is 0.299 e. The summed E-state index contributed by atoms with van der Waals surface area (Å²) < 4.78 is 0. The smallest absolute Gasteiger partial charge is 0.299 e. The van der Waals surface area contributed by atoms with Crippen molar-refractivity contribution in [1.29, 1.82) is 0 Å². The standard InChI is InChI=1S/C14H16N4O4S/c1-16(2)13(14-4-3-7-23-14)9-15-11-6-5-10(17(19)20)8-12(11)18(21)22/h3-8,13,15H,9H2,1-2H3. The number of rotatable bonds is 7. The Hall–Kier alpha value is -2.52. The van der Waals surface area contributed by atoms with E-state index in [1.807, 2.05) is 36.5 Å². The highest BCUT2D eigenvalue weighted by Gasteiger charge is 2.21. The van der Waals surface area contributed by atoms with Gasteiger partial charge in [-0.3, -0.25) is 20.2 Å². The largest absolute Gasteiger partial charge is 0.378 e. The fourth-order valence-corrected chi connectivity index (χ4v) is 3.08. The SMILES string of the molecule is CN(C)C(CNc1ccc([N+](=O)[O-])cc1[N+](=O)[O-])c1cccs1. The van der Waals surface area contributed by atoms with Crippen LogP contribution in [0.4, 0.5) is 17.1 Å². The number of nitrogens with zero attached hydrogens (tertiary/aromatic N) is 3. The molecule has 2 aromatic rings. The normalized spacial score (nSPS) is 12.1. The molecular weight excluding hydrogens is 320 g/mol. The van der Waals surface area contributed by atoms with Crippen LogP contribution in [0.2, 0.25) is 0 Å².